The Kier molecular flexibility index (Phi) is 2.78. The monoisotopic (exact) mass is 217 g/mol. The van der Waals surface area contributed by atoms with Gasteiger partial charge in [-0.05, 0) is 12.1 Å². The molecule has 0 saturated heterocycles. The number of carbonyl (C=O) groups is 1. The van der Waals surface area contributed by atoms with Crippen molar-refractivity contribution in [2.45, 2.75) is 6.18 Å². The Morgan fingerprint density at radius 2 is 2.13 bits per heavy atom. The molecule has 0 radical (unpaired) electrons. The zero-order valence-electron chi connectivity index (χ0n) is 7.38. The van der Waals surface area contributed by atoms with Crippen LogP contribution in [0.4, 0.5) is 13.2 Å². The standard InChI is InChI=1S/C9H6F3NO2/c1-2-7-6(8(14)15)3-5(4-13-7)9(10,11)12/h2-4H,1H2,(H,14,15). The summed E-state index contributed by atoms with van der Waals surface area (Å²) in [5, 5.41) is 8.63. The van der Waals surface area contributed by atoms with Crippen LogP contribution in [0.15, 0.2) is 18.8 Å². The average molecular weight is 217 g/mol. The number of hydrogen-bond acceptors (Lipinski definition) is 2. The van der Waals surface area contributed by atoms with Gasteiger partial charge in [0.15, 0.2) is 0 Å². The highest BCUT2D eigenvalue weighted by Crippen LogP contribution is 2.29. The Bertz CT molecular complexity index is 412. The maximum atomic E-state index is 12.2. The van der Waals surface area contributed by atoms with Gasteiger partial charge in [0.05, 0.1) is 16.8 Å². The van der Waals surface area contributed by atoms with Gasteiger partial charge in [-0.2, -0.15) is 13.2 Å². The van der Waals surface area contributed by atoms with E-state index in [0.717, 1.165) is 6.08 Å². The summed E-state index contributed by atoms with van der Waals surface area (Å²) in [6.45, 7) is 3.26. The highest BCUT2D eigenvalue weighted by atomic mass is 19.4. The summed E-state index contributed by atoms with van der Waals surface area (Å²) in [6, 6.07) is 0.534. The number of carboxylic acids is 1. The van der Waals surface area contributed by atoms with Crippen LogP contribution < -0.4 is 0 Å². The van der Waals surface area contributed by atoms with Gasteiger partial charge in [0.1, 0.15) is 0 Å². The Balaban J connectivity index is 3.35. The van der Waals surface area contributed by atoms with Crippen molar-refractivity contribution in [1.29, 1.82) is 0 Å². The summed E-state index contributed by atoms with van der Waals surface area (Å²) in [7, 11) is 0. The van der Waals surface area contributed by atoms with Crippen LogP contribution in [0.2, 0.25) is 0 Å². The molecule has 0 spiro atoms. The number of aromatic carboxylic acids is 1. The van der Waals surface area contributed by atoms with Gasteiger partial charge >= 0.3 is 12.1 Å². The maximum absolute atomic E-state index is 12.2. The van der Waals surface area contributed by atoms with E-state index >= 15 is 0 Å². The van der Waals surface area contributed by atoms with Crippen molar-refractivity contribution >= 4 is 12.0 Å². The molecule has 1 aromatic rings. The molecule has 0 bridgehead atoms. The van der Waals surface area contributed by atoms with E-state index in [1.807, 2.05) is 0 Å². The molecule has 0 aromatic carbocycles. The van der Waals surface area contributed by atoms with E-state index in [1.54, 1.807) is 0 Å². The quantitative estimate of drug-likeness (QED) is 0.827. The summed E-state index contributed by atoms with van der Waals surface area (Å²) < 4.78 is 36.6. The van der Waals surface area contributed by atoms with Crippen molar-refractivity contribution in [3.8, 4) is 0 Å². The van der Waals surface area contributed by atoms with Gasteiger partial charge in [-0.1, -0.05) is 6.58 Å². The minimum absolute atomic E-state index is 0.0875. The lowest BCUT2D eigenvalue weighted by Gasteiger charge is -2.07. The lowest BCUT2D eigenvalue weighted by atomic mass is 10.1. The minimum Gasteiger partial charge on any atom is -0.478 e. The third-order valence-electron chi connectivity index (χ3n) is 1.67. The van der Waals surface area contributed by atoms with Gasteiger partial charge in [0, 0.05) is 6.20 Å². The smallest absolute Gasteiger partial charge is 0.417 e. The fourth-order valence-corrected chi connectivity index (χ4v) is 0.964. The highest BCUT2D eigenvalue weighted by molar-refractivity contribution is 5.91. The molecule has 6 heteroatoms. The second kappa shape index (κ2) is 3.72. The molecule has 0 aliphatic carbocycles. The molecule has 1 N–H and O–H groups in total. The Morgan fingerprint density at radius 1 is 1.53 bits per heavy atom. The van der Waals surface area contributed by atoms with E-state index in [0.29, 0.717) is 12.3 Å². The Labute approximate surface area is 82.9 Å². The van der Waals surface area contributed by atoms with Gasteiger partial charge in [-0.3, -0.25) is 4.98 Å². The first-order valence-corrected chi connectivity index (χ1v) is 3.79. The van der Waals surface area contributed by atoms with Gasteiger partial charge in [-0.15, -0.1) is 0 Å². The molecular weight excluding hydrogens is 211 g/mol. The molecule has 0 amide bonds. The van der Waals surface area contributed by atoms with Crippen LogP contribution >= 0.6 is 0 Å². The SMILES string of the molecule is C=Cc1ncc(C(F)(F)F)cc1C(=O)O. The second-order valence-corrected chi connectivity index (χ2v) is 2.66. The van der Waals surface area contributed by atoms with Gasteiger partial charge in [0.2, 0.25) is 0 Å². The van der Waals surface area contributed by atoms with Crippen LogP contribution in [0.25, 0.3) is 6.08 Å². The van der Waals surface area contributed by atoms with E-state index in [9.17, 15) is 18.0 Å². The van der Waals surface area contributed by atoms with Crippen molar-refractivity contribution in [1.82, 2.24) is 4.98 Å². The number of rotatable bonds is 2. The number of halogens is 3. The van der Waals surface area contributed by atoms with Crippen molar-refractivity contribution in [2.24, 2.45) is 0 Å². The van der Waals surface area contributed by atoms with E-state index in [2.05, 4.69) is 11.6 Å². The van der Waals surface area contributed by atoms with E-state index in [4.69, 9.17) is 5.11 Å². The molecule has 1 heterocycles. The van der Waals surface area contributed by atoms with Crippen molar-refractivity contribution < 1.29 is 23.1 Å². The minimum atomic E-state index is -4.60. The van der Waals surface area contributed by atoms with Crippen LogP contribution in [0.5, 0.6) is 0 Å². The summed E-state index contributed by atoms with van der Waals surface area (Å²) >= 11 is 0. The zero-order valence-corrected chi connectivity index (χ0v) is 7.38. The number of carboxylic acid groups (broad SMARTS) is 1. The Hall–Kier alpha value is -1.85. The Morgan fingerprint density at radius 3 is 2.53 bits per heavy atom. The van der Waals surface area contributed by atoms with E-state index in [1.165, 1.54) is 0 Å². The zero-order chi connectivity index (χ0) is 11.6. The molecule has 0 aliphatic rings. The lowest BCUT2D eigenvalue weighted by molar-refractivity contribution is -0.137. The molecule has 1 rings (SSSR count). The normalized spacial score (nSPS) is 11.1. The average Bonchev–Trinajstić information content (AvgIpc) is 2.15. The summed E-state index contributed by atoms with van der Waals surface area (Å²) in [5.41, 5.74) is -1.69. The fraction of sp³-hybridized carbons (Fsp3) is 0.111. The van der Waals surface area contributed by atoms with E-state index in [-0.39, 0.29) is 5.69 Å². The predicted octanol–water partition coefficient (Wildman–Crippen LogP) is 2.44. The van der Waals surface area contributed by atoms with Crippen molar-refractivity contribution in [3.63, 3.8) is 0 Å². The first-order chi connectivity index (χ1) is 6.86. The van der Waals surface area contributed by atoms with Gasteiger partial charge < -0.3 is 5.11 Å². The third kappa shape index (κ3) is 2.34. The molecule has 3 nitrogen and oxygen atoms in total. The summed E-state index contributed by atoms with van der Waals surface area (Å²) in [4.78, 5) is 14.0. The summed E-state index contributed by atoms with van der Waals surface area (Å²) in [6.07, 6.45) is -2.94. The van der Waals surface area contributed by atoms with Crippen LogP contribution in [0.3, 0.4) is 0 Å². The molecule has 0 atom stereocenters. The van der Waals surface area contributed by atoms with Crippen LogP contribution in [0, 0.1) is 0 Å². The number of nitrogens with zero attached hydrogens (tertiary/aromatic N) is 1. The number of alkyl halides is 3. The third-order valence-corrected chi connectivity index (χ3v) is 1.67. The topological polar surface area (TPSA) is 50.2 Å². The predicted molar refractivity (Wildman–Crippen MR) is 46.3 cm³/mol. The fourth-order valence-electron chi connectivity index (χ4n) is 0.964. The number of aromatic nitrogens is 1. The molecule has 0 fully saturated rings. The molecule has 0 unspecified atom stereocenters. The highest BCUT2D eigenvalue weighted by Gasteiger charge is 2.32. The molecule has 1 aromatic heterocycles. The molecule has 0 aliphatic heterocycles. The van der Waals surface area contributed by atoms with Crippen LogP contribution in [-0.2, 0) is 6.18 Å². The molecule has 80 valence electrons. The van der Waals surface area contributed by atoms with Crippen LogP contribution in [-0.4, -0.2) is 16.1 Å². The van der Waals surface area contributed by atoms with E-state index < -0.39 is 23.3 Å². The van der Waals surface area contributed by atoms with Gasteiger partial charge in [0.25, 0.3) is 0 Å². The van der Waals surface area contributed by atoms with Crippen LogP contribution in [0.1, 0.15) is 21.6 Å². The number of pyridine rings is 1. The first kappa shape index (κ1) is 11.2. The van der Waals surface area contributed by atoms with Crippen molar-refractivity contribution in [2.75, 3.05) is 0 Å². The molecular formula is C9H6F3NO2. The second-order valence-electron chi connectivity index (χ2n) is 2.66. The van der Waals surface area contributed by atoms with Crippen molar-refractivity contribution in [3.05, 3.63) is 35.7 Å². The molecule has 0 saturated carbocycles. The largest absolute Gasteiger partial charge is 0.478 e. The molecule has 15 heavy (non-hydrogen) atoms. The summed E-state index contributed by atoms with van der Waals surface area (Å²) in [5.74, 6) is -1.47. The number of hydrogen-bond donors (Lipinski definition) is 1. The first-order valence-electron chi connectivity index (χ1n) is 3.79. The lowest BCUT2D eigenvalue weighted by Crippen LogP contribution is -2.10. The maximum Gasteiger partial charge on any atom is 0.417 e. The van der Waals surface area contributed by atoms with Gasteiger partial charge in [-0.25, -0.2) is 4.79 Å².